The van der Waals surface area contributed by atoms with Gasteiger partial charge in [-0.05, 0) is 54.2 Å². The van der Waals surface area contributed by atoms with E-state index >= 15 is 0 Å². The number of halogens is 1. The monoisotopic (exact) mass is 434 g/mol. The minimum atomic E-state index is -3.73. The Kier molecular flexibility index (Phi) is 4.48. The molecule has 3 aromatic rings. The predicted octanol–water partition coefficient (Wildman–Crippen LogP) is 3.73. The molecule has 136 valence electrons. The summed E-state index contributed by atoms with van der Waals surface area (Å²) in [5.74, 6) is 0.791. The molecule has 3 heterocycles. The fourth-order valence-corrected chi connectivity index (χ4v) is 5.34. The van der Waals surface area contributed by atoms with Crippen LogP contribution in [0.3, 0.4) is 0 Å². The Morgan fingerprint density at radius 3 is 2.42 bits per heavy atom. The highest BCUT2D eigenvalue weighted by molar-refractivity contribution is 9.10. The predicted molar refractivity (Wildman–Crippen MR) is 105 cm³/mol. The highest BCUT2D eigenvalue weighted by Crippen LogP contribution is 2.34. The van der Waals surface area contributed by atoms with Crippen molar-refractivity contribution in [2.45, 2.75) is 31.1 Å². The molecule has 0 radical (unpaired) electrons. The Balaban J connectivity index is 1.88. The summed E-state index contributed by atoms with van der Waals surface area (Å²) >= 11 is 3.52. The molecule has 0 N–H and O–H groups in total. The van der Waals surface area contributed by atoms with Crippen molar-refractivity contribution in [2.24, 2.45) is 0 Å². The van der Waals surface area contributed by atoms with E-state index in [2.05, 4.69) is 30.8 Å². The molecule has 0 spiro atoms. The molecule has 6 nitrogen and oxygen atoms in total. The van der Waals surface area contributed by atoms with Gasteiger partial charge >= 0.3 is 0 Å². The lowest BCUT2D eigenvalue weighted by molar-refractivity contribution is 0.574. The van der Waals surface area contributed by atoms with E-state index in [1.54, 1.807) is 30.5 Å². The molecule has 2 aromatic heterocycles. The van der Waals surface area contributed by atoms with Crippen LogP contribution in [0, 0.1) is 6.92 Å². The molecule has 0 amide bonds. The van der Waals surface area contributed by atoms with Gasteiger partial charge in [0, 0.05) is 23.8 Å². The Labute approximate surface area is 161 Å². The van der Waals surface area contributed by atoms with Crippen LogP contribution in [0.25, 0.3) is 11.0 Å². The van der Waals surface area contributed by atoms with E-state index in [1.807, 2.05) is 6.92 Å². The zero-order valence-electron chi connectivity index (χ0n) is 14.4. The van der Waals surface area contributed by atoms with Crippen molar-refractivity contribution in [3.63, 3.8) is 0 Å². The number of anilines is 1. The van der Waals surface area contributed by atoms with E-state index in [0.717, 1.165) is 42.7 Å². The van der Waals surface area contributed by atoms with Gasteiger partial charge in [0.2, 0.25) is 0 Å². The number of benzene rings is 1. The minimum Gasteiger partial charge on any atom is -0.356 e. The molecule has 0 bridgehead atoms. The fourth-order valence-electron chi connectivity index (χ4n) is 3.33. The zero-order valence-corrected chi connectivity index (χ0v) is 16.8. The average Bonchev–Trinajstić information content (AvgIpc) is 3.01. The van der Waals surface area contributed by atoms with Crippen LogP contribution in [-0.2, 0) is 10.0 Å². The van der Waals surface area contributed by atoms with Gasteiger partial charge in [0.15, 0.2) is 5.65 Å². The number of rotatable bonds is 3. The molecule has 0 saturated carbocycles. The van der Waals surface area contributed by atoms with E-state index < -0.39 is 10.0 Å². The topological polar surface area (TPSA) is 68.1 Å². The van der Waals surface area contributed by atoms with Crippen molar-refractivity contribution >= 4 is 42.8 Å². The number of piperidine rings is 1. The van der Waals surface area contributed by atoms with Gasteiger partial charge in [-0.1, -0.05) is 17.7 Å². The summed E-state index contributed by atoms with van der Waals surface area (Å²) in [4.78, 5) is 11.2. The standard InChI is InChI=1S/C18H19BrN4O2S/c1-13-5-7-14(8-6-13)26(24,25)23-11-15(19)16-17(20-12-21-18(16)23)22-9-3-2-4-10-22/h5-8,11-12H,2-4,9-10H2,1H3. The van der Waals surface area contributed by atoms with Gasteiger partial charge in [0.25, 0.3) is 10.0 Å². The zero-order chi connectivity index (χ0) is 18.3. The maximum absolute atomic E-state index is 13.1. The summed E-state index contributed by atoms with van der Waals surface area (Å²) in [5.41, 5.74) is 1.41. The Hall–Kier alpha value is -1.93. The van der Waals surface area contributed by atoms with Gasteiger partial charge in [-0.3, -0.25) is 0 Å². The van der Waals surface area contributed by atoms with Crippen LogP contribution in [0.15, 0.2) is 46.2 Å². The van der Waals surface area contributed by atoms with Crippen LogP contribution in [0.2, 0.25) is 0 Å². The quantitative estimate of drug-likeness (QED) is 0.627. The fraction of sp³-hybridized carbons (Fsp3) is 0.333. The summed E-state index contributed by atoms with van der Waals surface area (Å²) in [6.07, 6.45) is 6.47. The molecule has 8 heteroatoms. The van der Waals surface area contributed by atoms with Crippen molar-refractivity contribution in [3.05, 3.63) is 46.8 Å². The second-order valence-corrected chi connectivity index (χ2v) is 9.20. The van der Waals surface area contributed by atoms with Crippen molar-refractivity contribution < 1.29 is 8.42 Å². The van der Waals surface area contributed by atoms with Crippen molar-refractivity contribution in [1.29, 1.82) is 0 Å². The van der Waals surface area contributed by atoms with Gasteiger partial charge < -0.3 is 4.90 Å². The number of hydrogen-bond donors (Lipinski definition) is 0. The van der Waals surface area contributed by atoms with E-state index in [1.165, 1.54) is 16.7 Å². The highest BCUT2D eigenvalue weighted by atomic mass is 79.9. The third-order valence-electron chi connectivity index (χ3n) is 4.72. The molecule has 1 saturated heterocycles. The lowest BCUT2D eigenvalue weighted by atomic mass is 10.1. The molecule has 1 aliphatic heterocycles. The molecular formula is C18H19BrN4O2S. The molecule has 0 unspecified atom stereocenters. The van der Waals surface area contributed by atoms with Crippen LogP contribution in [0.4, 0.5) is 5.82 Å². The first kappa shape index (κ1) is 17.5. The number of fused-ring (bicyclic) bond motifs is 1. The lowest BCUT2D eigenvalue weighted by Crippen LogP contribution is -2.30. The first-order valence-corrected chi connectivity index (χ1v) is 10.8. The Morgan fingerprint density at radius 1 is 1.04 bits per heavy atom. The maximum atomic E-state index is 13.1. The molecule has 1 aromatic carbocycles. The molecule has 1 aliphatic rings. The van der Waals surface area contributed by atoms with E-state index in [4.69, 9.17) is 0 Å². The summed E-state index contributed by atoms with van der Waals surface area (Å²) in [6.45, 7) is 3.78. The third kappa shape index (κ3) is 2.91. The van der Waals surface area contributed by atoms with Crippen LogP contribution in [0.5, 0.6) is 0 Å². The largest absolute Gasteiger partial charge is 0.356 e. The van der Waals surface area contributed by atoms with Crippen molar-refractivity contribution in [2.75, 3.05) is 18.0 Å². The first-order chi connectivity index (χ1) is 12.5. The number of aryl methyl sites for hydroxylation is 1. The number of nitrogens with zero attached hydrogens (tertiary/aromatic N) is 4. The normalized spacial score (nSPS) is 15.5. The van der Waals surface area contributed by atoms with E-state index in [9.17, 15) is 8.42 Å². The summed E-state index contributed by atoms with van der Waals surface area (Å²) in [6, 6.07) is 6.83. The highest BCUT2D eigenvalue weighted by Gasteiger charge is 2.25. The second kappa shape index (κ2) is 6.66. The Bertz CT molecular complexity index is 1050. The molecule has 4 rings (SSSR count). The van der Waals surface area contributed by atoms with Gasteiger partial charge in [0.05, 0.1) is 10.3 Å². The van der Waals surface area contributed by atoms with Crippen molar-refractivity contribution in [1.82, 2.24) is 13.9 Å². The minimum absolute atomic E-state index is 0.241. The molecule has 1 fully saturated rings. The summed E-state index contributed by atoms with van der Waals surface area (Å²) in [7, 11) is -3.73. The van der Waals surface area contributed by atoms with Crippen LogP contribution in [-0.4, -0.2) is 35.4 Å². The van der Waals surface area contributed by atoms with Crippen LogP contribution < -0.4 is 4.90 Å². The van der Waals surface area contributed by atoms with Crippen molar-refractivity contribution in [3.8, 4) is 0 Å². The second-order valence-electron chi connectivity index (χ2n) is 6.53. The molecular weight excluding hydrogens is 416 g/mol. The van der Waals surface area contributed by atoms with Crippen LogP contribution in [0.1, 0.15) is 24.8 Å². The third-order valence-corrected chi connectivity index (χ3v) is 6.98. The maximum Gasteiger partial charge on any atom is 0.269 e. The molecule has 0 atom stereocenters. The number of hydrogen-bond acceptors (Lipinski definition) is 5. The van der Waals surface area contributed by atoms with Gasteiger partial charge in [-0.25, -0.2) is 22.4 Å². The van der Waals surface area contributed by atoms with Crippen LogP contribution >= 0.6 is 15.9 Å². The van der Waals surface area contributed by atoms with Gasteiger partial charge in [-0.2, -0.15) is 0 Å². The summed E-state index contributed by atoms with van der Waals surface area (Å²) in [5, 5.41) is 0.741. The Morgan fingerprint density at radius 2 is 1.73 bits per heavy atom. The molecule has 0 aliphatic carbocycles. The van der Waals surface area contributed by atoms with E-state index in [-0.39, 0.29) is 4.90 Å². The van der Waals surface area contributed by atoms with Gasteiger partial charge in [0.1, 0.15) is 12.1 Å². The van der Waals surface area contributed by atoms with Gasteiger partial charge in [-0.15, -0.1) is 0 Å². The summed E-state index contributed by atoms with van der Waals surface area (Å²) < 4.78 is 28.2. The van der Waals surface area contributed by atoms with E-state index in [0.29, 0.717) is 10.1 Å². The smallest absolute Gasteiger partial charge is 0.269 e. The lowest BCUT2D eigenvalue weighted by Gasteiger charge is -2.28. The first-order valence-electron chi connectivity index (χ1n) is 8.57. The average molecular weight is 435 g/mol. The molecule has 26 heavy (non-hydrogen) atoms. The number of aromatic nitrogens is 3. The SMILES string of the molecule is Cc1ccc(S(=O)(=O)n2cc(Br)c3c(N4CCCCC4)ncnc32)cc1.